The maximum atomic E-state index is 12.6. The molecule has 1 aromatic heterocycles. The first-order valence-corrected chi connectivity index (χ1v) is 10.3. The van der Waals surface area contributed by atoms with Crippen LogP contribution in [0.25, 0.3) is 0 Å². The Bertz CT molecular complexity index is 750. The maximum Gasteiger partial charge on any atom is 0.227 e. The van der Waals surface area contributed by atoms with Gasteiger partial charge in [0.15, 0.2) is 9.84 Å². The molecule has 25 heavy (non-hydrogen) atoms. The average molecular weight is 365 g/mol. The summed E-state index contributed by atoms with van der Waals surface area (Å²) in [7, 11) is -1.30. The Kier molecular flexibility index (Phi) is 5.08. The van der Waals surface area contributed by atoms with Crippen LogP contribution in [0.1, 0.15) is 18.4 Å². The number of sulfone groups is 1. The highest BCUT2D eigenvalue weighted by atomic mass is 32.2. The quantitative estimate of drug-likeness (QED) is 0.739. The van der Waals surface area contributed by atoms with E-state index in [0.29, 0.717) is 19.5 Å². The third-order valence-electron chi connectivity index (χ3n) is 5.02. The smallest absolute Gasteiger partial charge is 0.227 e. The van der Waals surface area contributed by atoms with Crippen molar-refractivity contribution >= 4 is 21.7 Å². The van der Waals surface area contributed by atoms with Gasteiger partial charge in [-0.15, -0.1) is 0 Å². The number of amides is 2. The number of rotatable bonds is 5. The van der Waals surface area contributed by atoms with E-state index in [2.05, 4.69) is 4.98 Å². The Morgan fingerprint density at radius 1 is 1.36 bits per heavy atom. The van der Waals surface area contributed by atoms with E-state index in [-0.39, 0.29) is 41.7 Å². The number of nitrogens with zero attached hydrogens (tertiary/aromatic N) is 3. The van der Waals surface area contributed by atoms with Crippen molar-refractivity contribution in [2.45, 2.75) is 25.3 Å². The number of aromatic nitrogens is 1. The topological polar surface area (TPSA) is 87.7 Å². The summed E-state index contributed by atoms with van der Waals surface area (Å²) in [6, 6.07) is 3.57. The molecule has 2 amide bonds. The number of carbonyl (C=O) groups is 2. The van der Waals surface area contributed by atoms with Crippen molar-refractivity contribution in [1.82, 2.24) is 14.8 Å². The van der Waals surface area contributed by atoms with Crippen LogP contribution in [-0.4, -0.2) is 72.7 Å². The van der Waals surface area contributed by atoms with Gasteiger partial charge in [-0.3, -0.25) is 14.6 Å². The lowest BCUT2D eigenvalue weighted by Crippen LogP contribution is -2.39. The zero-order valence-electron chi connectivity index (χ0n) is 14.3. The van der Waals surface area contributed by atoms with Crippen LogP contribution in [0.4, 0.5) is 0 Å². The van der Waals surface area contributed by atoms with Gasteiger partial charge in [0, 0.05) is 45.0 Å². The third-order valence-corrected chi connectivity index (χ3v) is 6.77. The summed E-state index contributed by atoms with van der Waals surface area (Å²) in [5.41, 5.74) is 1.11. The van der Waals surface area contributed by atoms with Gasteiger partial charge in [0.1, 0.15) is 0 Å². The van der Waals surface area contributed by atoms with E-state index in [0.717, 1.165) is 12.0 Å². The lowest BCUT2D eigenvalue weighted by Gasteiger charge is -2.24. The lowest BCUT2D eigenvalue weighted by atomic mass is 10.1. The first kappa shape index (κ1) is 17.8. The molecule has 2 atom stereocenters. The van der Waals surface area contributed by atoms with E-state index in [4.69, 9.17) is 0 Å². The Morgan fingerprint density at radius 2 is 2.08 bits per heavy atom. The normalized spacial score (nSPS) is 25.3. The molecule has 0 N–H and O–H groups in total. The summed E-state index contributed by atoms with van der Waals surface area (Å²) in [6.45, 7) is 0.906. The van der Waals surface area contributed by atoms with Crippen LogP contribution in [-0.2, 0) is 25.8 Å². The van der Waals surface area contributed by atoms with Gasteiger partial charge in [0.2, 0.25) is 11.8 Å². The van der Waals surface area contributed by atoms with Gasteiger partial charge in [0.25, 0.3) is 0 Å². The van der Waals surface area contributed by atoms with E-state index >= 15 is 0 Å². The molecule has 3 rings (SSSR count). The van der Waals surface area contributed by atoms with Crippen LogP contribution in [0.3, 0.4) is 0 Å². The molecule has 0 spiro atoms. The summed E-state index contributed by atoms with van der Waals surface area (Å²) in [4.78, 5) is 32.1. The molecule has 2 fully saturated rings. The van der Waals surface area contributed by atoms with Crippen LogP contribution >= 0.6 is 0 Å². The maximum absolute atomic E-state index is 12.6. The first-order chi connectivity index (χ1) is 11.9. The Labute approximate surface area is 147 Å². The average Bonchev–Trinajstić information content (AvgIpc) is 3.15. The second-order valence-electron chi connectivity index (χ2n) is 6.87. The molecule has 136 valence electrons. The number of likely N-dealkylation sites (N-methyl/N-ethyl adjacent to an activating group) is 1. The number of hydrogen-bond acceptors (Lipinski definition) is 5. The van der Waals surface area contributed by atoms with Crippen LogP contribution in [0, 0.1) is 5.92 Å². The highest BCUT2D eigenvalue weighted by Crippen LogP contribution is 2.27. The van der Waals surface area contributed by atoms with Crippen molar-refractivity contribution in [2.75, 3.05) is 31.6 Å². The van der Waals surface area contributed by atoms with Crippen LogP contribution < -0.4 is 0 Å². The van der Waals surface area contributed by atoms with Gasteiger partial charge in [-0.2, -0.15) is 0 Å². The van der Waals surface area contributed by atoms with Crippen LogP contribution in [0.5, 0.6) is 0 Å². The van der Waals surface area contributed by atoms with E-state index in [1.54, 1.807) is 29.2 Å². The second kappa shape index (κ2) is 7.11. The number of pyridine rings is 1. The second-order valence-corrected chi connectivity index (χ2v) is 9.10. The largest absolute Gasteiger partial charge is 0.345 e. The highest BCUT2D eigenvalue weighted by Gasteiger charge is 2.42. The van der Waals surface area contributed by atoms with Gasteiger partial charge in [0.05, 0.1) is 17.4 Å². The van der Waals surface area contributed by atoms with Gasteiger partial charge in [-0.25, -0.2) is 8.42 Å². The summed E-state index contributed by atoms with van der Waals surface area (Å²) < 4.78 is 23.3. The molecule has 2 saturated heterocycles. The van der Waals surface area contributed by atoms with Crippen molar-refractivity contribution in [3.8, 4) is 0 Å². The summed E-state index contributed by atoms with van der Waals surface area (Å²) >= 11 is 0. The zero-order chi connectivity index (χ0) is 18.0. The standard InChI is InChI=1S/C17H23N3O4S/c1-19(8-4-13-2-6-18-7-3-13)17(22)14-10-16(21)20(11-14)15-5-9-25(23,24)12-15/h2-3,6-7,14-15H,4-5,8-12H2,1H3. The summed E-state index contributed by atoms with van der Waals surface area (Å²) in [5, 5.41) is 0. The zero-order valence-corrected chi connectivity index (χ0v) is 15.1. The molecule has 8 heteroatoms. The molecule has 0 aromatic carbocycles. The molecule has 2 aliphatic heterocycles. The fourth-order valence-electron chi connectivity index (χ4n) is 3.54. The molecule has 2 unspecified atom stereocenters. The SMILES string of the molecule is CN(CCc1ccncc1)C(=O)C1CC(=O)N(C2CCS(=O)(=O)C2)C1. The predicted octanol–water partition coefficient (Wildman–Crippen LogP) is 0.118. The minimum absolute atomic E-state index is 0.0253. The Morgan fingerprint density at radius 3 is 2.72 bits per heavy atom. The number of carbonyl (C=O) groups excluding carboxylic acids is 2. The molecular formula is C17H23N3O4S. The lowest BCUT2D eigenvalue weighted by molar-refractivity contribution is -0.134. The van der Waals surface area contributed by atoms with Crippen molar-refractivity contribution in [1.29, 1.82) is 0 Å². The molecule has 0 aliphatic carbocycles. The predicted molar refractivity (Wildman–Crippen MR) is 92.5 cm³/mol. The molecule has 0 bridgehead atoms. The Hall–Kier alpha value is -1.96. The van der Waals surface area contributed by atoms with Gasteiger partial charge in [-0.05, 0) is 30.5 Å². The molecule has 7 nitrogen and oxygen atoms in total. The molecule has 0 radical (unpaired) electrons. The van der Waals surface area contributed by atoms with Gasteiger partial charge in [-0.1, -0.05) is 0 Å². The van der Waals surface area contributed by atoms with E-state index < -0.39 is 9.84 Å². The monoisotopic (exact) mass is 365 g/mol. The minimum atomic E-state index is -3.04. The van der Waals surface area contributed by atoms with Gasteiger partial charge >= 0.3 is 0 Å². The van der Waals surface area contributed by atoms with Crippen molar-refractivity contribution in [3.05, 3.63) is 30.1 Å². The summed E-state index contributed by atoms with van der Waals surface area (Å²) in [5.74, 6) is -0.379. The Balaban J connectivity index is 1.55. The minimum Gasteiger partial charge on any atom is -0.345 e. The van der Waals surface area contributed by atoms with E-state index in [9.17, 15) is 18.0 Å². The third kappa shape index (κ3) is 4.18. The fraction of sp³-hybridized carbons (Fsp3) is 0.588. The number of likely N-dealkylation sites (tertiary alicyclic amines) is 1. The number of hydrogen-bond donors (Lipinski definition) is 0. The van der Waals surface area contributed by atoms with Crippen molar-refractivity contribution in [2.24, 2.45) is 5.92 Å². The van der Waals surface area contributed by atoms with Crippen molar-refractivity contribution in [3.63, 3.8) is 0 Å². The van der Waals surface area contributed by atoms with Crippen LogP contribution in [0.2, 0.25) is 0 Å². The molecule has 3 heterocycles. The van der Waals surface area contributed by atoms with Crippen LogP contribution in [0.15, 0.2) is 24.5 Å². The van der Waals surface area contributed by atoms with E-state index in [1.165, 1.54) is 0 Å². The molecular weight excluding hydrogens is 342 g/mol. The molecule has 0 saturated carbocycles. The highest BCUT2D eigenvalue weighted by molar-refractivity contribution is 7.91. The molecule has 2 aliphatic rings. The van der Waals surface area contributed by atoms with Gasteiger partial charge < -0.3 is 9.80 Å². The van der Waals surface area contributed by atoms with Crippen molar-refractivity contribution < 1.29 is 18.0 Å². The summed E-state index contributed by atoms with van der Waals surface area (Å²) in [6.07, 6.45) is 4.83. The first-order valence-electron chi connectivity index (χ1n) is 8.49. The van der Waals surface area contributed by atoms with E-state index in [1.807, 2.05) is 12.1 Å². The fourth-order valence-corrected chi connectivity index (χ4v) is 5.27. The molecule has 1 aromatic rings.